The van der Waals surface area contributed by atoms with Crippen LogP contribution in [0.3, 0.4) is 0 Å². The van der Waals surface area contributed by atoms with Gasteiger partial charge in [-0.25, -0.2) is 0 Å². The molecule has 0 aromatic carbocycles. The quantitative estimate of drug-likeness (QED) is 0.763. The van der Waals surface area contributed by atoms with Crippen molar-refractivity contribution < 1.29 is 5.11 Å². The maximum atomic E-state index is 10.3. The van der Waals surface area contributed by atoms with Crippen LogP contribution in [0.5, 0.6) is 0 Å². The Bertz CT molecular complexity index is 504. The highest BCUT2D eigenvalue weighted by Gasteiger charge is 2.63. The Balaban J connectivity index is 1.72. The summed E-state index contributed by atoms with van der Waals surface area (Å²) in [5, 5.41) is 10.3. The first-order valence-electron chi connectivity index (χ1n) is 11.2. The fraction of sp³-hybridized carbons (Fsp3) is 1.00. The molecule has 0 bridgehead atoms. The number of fused-ring (bicyclic) bond motifs is 5. The molecule has 0 aliphatic heterocycles. The molecule has 0 radical (unpaired) electrons. The van der Waals surface area contributed by atoms with Crippen molar-refractivity contribution in [3.05, 3.63) is 0 Å². The van der Waals surface area contributed by atoms with Crippen LogP contribution in [0.4, 0.5) is 0 Å². The van der Waals surface area contributed by atoms with E-state index < -0.39 is 0 Å². The number of aliphatic hydroxyl groups is 1. The average Bonchev–Trinajstić information content (AvgIpc) is 2.90. The van der Waals surface area contributed by atoms with Crippen LogP contribution >= 0.6 is 0 Å². The van der Waals surface area contributed by atoms with Gasteiger partial charge in [0.05, 0.1) is 6.10 Å². The van der Waals surface area contributed by atoms with Gasteiger partial charge in [0.2, 0.25) is 0 Å². The van der Waals surface area contributed by atoms with Crippen molar-refractivity contribution in [2.75, 3.05) is 14.1 Å². The SMILES string of the molecule is CC[C@H]1CC[C@H]2[C@@H]3CCC4CC(O)CC[C@]4(C)[C@H]3C(N(C)C)C[C@]12C. The molecule has 0 amide bonds. The Kier molecular flexibility index (Phi) is 4.56. The molecular weight excluding hydrogens is 306 g/mol. The van der Waals surface area contributed by atoms with E-state index in [4.69, 9.17) is 0 Å². The van der Waals surface area contributed by atoms with Crippen molar-refractivity contribution in [3.8, 4) is 0 Å². The van der Waals surface area contributed by atoms with Crippen molar-refractivity contribution in [1.29, 1.82) is 0 Å². The summed E-state index contributed by atoms with van der Waals surface area (Å²) in [4.78, 5) is 2.59. The number of hydrogen-bond donors (Lipinski definition) is 1. The van der Waals surface area contributed by atoms with Crippen LogP contribution in [0.1, 0.15) is 78.6 Å². The summed E-state index contributed by atoms with van der Waals surface area (Å²) in [5.74, 6) is 4.44. The van der Waals surface area contributed by atoms with E-state index >= 15 is 0 Å². The molecule has 0 saturated heterocycles. The summed E-state index contributed by atoms with van der Waals surface area (Å²) >= 11 is 0. The predicted octanol–water partition coefficient (Wildman–Crippen LogP) is 4.96. The first-order valence-corrected chi connectivity index (χ1v) is 11.2. The third-order valence-electron chi connectivity index (χ3n) is 9.92. The zero-order chi connectivity index (χ0) is 18.0. The standard InChI is InChI=1S/C23H41NO/c1-6-15-8-10-19-18-9-7-16-13-17(25)11-12-22(16,2)21(18)20(24(4)5)14-23(15,19)3/h15-21,25H,6-14H2,1-5H3/t15-,16?,17?,18-,19-,20?,21+,22-,23+/m0/s1. The van der Waals surface area contributed by atoms with Crippen LogP contribution in [0.2, 0.25) is 0 Å². The monoisotopic (exact) mass is 347 g/mol. The fourth-order valence-electron chi connectivity index (χ4n) is 8.64. The lowest BCUT2D eigenvalue weighted by Gasteiger charge is -2.64. The van der Waals surface area contributed by atoms with Gasteiger partial charge in [-0.3, -0.25) is 0 Å². The van der Waals surface area contributed by atoms with Gasteiger partial charge in [-0.15, -0.1) is 0 Å². The van der Waals surface area contributed by atoms with E-state index in [-0.39, 0.29) is 6.10 Å². The van der Waals surface area contributed by atoms with Gasteiger partial charge in [-0.05, 0) is 106 Å². The normalized spacial score (nSPS) is 55.6. The van der Waals surface area contributed by atoms with Crippen molar-refractivity contribution >= 4 is 0 Å². The molecule has 2 heteroatoms. The molecule has 0 aromatic heterocycles. The van der Waals surface area contributed by atoms with Crippen LogP contribution in [-0.4, -0.2) is 36.2 Å². The van der Waals surface area contributed by atoms with Crippen LogP contribution in [0, 0.1) is 40.4 Å². The molecule has 0 heterocycles. The van der Waals surface area contributed by atoms with E-state index in [1.165, 1.54) is 44.9 Å². The van der Waals surface area contributed by atoms with Crippen LogP contribution in [0.25, 0.3) is 0 Å². The zero-order valence-corrected chi connectivity index (χ0v) is 17.3. The molecule has 9 atom stereocenters. The first-order chi connectivity index (χ1) is 11.8. The fourth-order valence-corrected chi connectivity index (χ4v) is 8.64. The molecular formula is C23H41NO. The maximum absolute atomic E-state index is 10.3. The highest BCUT2D eigenvalue weighted by molar-refractivity contribution is 5.13. The smallest absolute Gasteiger partial charge is 0.0543 e. The zero-order valence-electron chi connectivity index (χ0n) is 17.3. The van der Waals surface area contributed by atoms with E-state index in [1.54, 1.807) is 0 Å². The van der Waals surface area contributed by atoms with Gasteiger partial charge in [-0.1, -0.05) is 27.2 Å². The Morgan fingerprint density at radius 1 is 1.00 bits per heavy atom. The second kappa shape index (κ2) is 6.23. The Morgan fingerprint density at radius 2 is 1.76 bits per heavy atom. The molecule has 0 spiro atoms. The van der Waals surface area contributed by atoms with Crippen LogP contribution in [-0.2, 0) is 0 Å². The molecule has 0 aromatic rings. The molecule has 4 aliphatic carbocycles. The Labute approximate surface area is 155 Å². The van der Waals surface area contributed by atoms with Crippen LogP contribution < -0.4 is 0 Å². The molecule has 3 unspecified atom stereocenters. The predicted molar refractivity (Wildman–Crippen MR) is 104 cm³/mol. The average molecular weight is 348 g/mol. The molecule has 4 rings (SSSR count). The Hall–Kier alpha value is -0.0800. The van der Waals surface area contributed by atoms with Gasteiger partial charge in [0.15, 0.2) is 0 Å². The van der Waals surface area contributed by atoms with E-state index in [2.05, 4.69) is 39.8 Å². The number of aliphatic hydroxyl groups excluding tert-OH is 1. The summed E-state index contributed by atoms with van der Waals surface area (Å²) in [6.07, 6.45) is 11.9. The van der Waals surface area contributed by atoms with Gasteiger partial charge in [-0.2, -0.15) is 0 Å². The minimum Gasteiger partial charge on any atom is -0.393 e. The third-order valence-corrected chi connectivity index (χ3v) is 9.92. The number of nitrogens with zero attached hydrogens (tertiary/aromatic N) is 1. The minimum absolute atomic E-state index is 0.0303. The Morgan fingerprint density at radius 3 is 2.44 bits per heavy atom. The lowest BCUT2D eigenvalue weighted by molar-refractivity contribution is -0.156. The number of hydrogen-bond acceptors (Lipinski definition) is 2. The second-order valence-corrected chi connectivity index (χ2v) is 10.9. The van der Waals surface area contributed by atoms with Gasteiger partial charge in [0, 0.05) is 6.04 Å². The van der Waals surface area contributed by atoms with E-state index in [0.29, 0.717) is 10.8 Å². The van der Waals surface area contributed by atoms with Crippen molar-refractivity contribution in [2.24, 2.45) is 40.4 Å². The molecule has 4 saturated carbocycles. The summed E-state index contributed by atoms with van der Waals surface area (Å²) in [7, 11) is 4.68. The van der Waals surface area contributed by atoms with Gasteiger partial charge in [0.25, 0.3) is 0 Å². The lowest BCUT2D eigenvalue weighted by atomic mass is 9.43. The second-order valence-electron chi connectivity index (χ2n) is 10.9. The topological polar surface area (TPSA) is 23.5 Å². The molecule has 1 N–H and O–H groups in total. The highest BCUT2D eigenvalue weighted by atomic mass is 16.3. The minimum atomic E-state index is -0.0303. The van der Waals surface area contributed by atoms with Crippen LogP contribution in [0.15, 0.2) is 0 Å². The molecule has 2 nitrogen and oxygen atoms in total. The van der Waals surface area contributed by atoms with E-state index in [0.717, 1.165) is 48.5 Å². The number of rotatable bonds is 2. The van der Waals surface area contributed by atoms with Crippen molar-refractivity contribution in [1.82, 2.24) is 4.90 Å². The van der Waals surface area contributed by atoms with Crippen molar-refractivity contribution in [2.45, 2.75) is 90.7 Å². The van der Waals surface area contributed by atoms with Gasteiger partial charge >= 0.3 is 0 Å². The molecule has 4 fully saturated rings. The highest BCUT2D eigenvalue weighted by Crippen LogP contribution is 2.68. The molecule has 25 heavy (non-hydrogen) atoms. The summed E-state index contributed by atoms with van der Waals surface area (Å²) in [6, 6.07) is 0.737. The third kappa shape index (κ3) is 2.57. The molecule has 144 valence electrons. The maximum Gasteiger partial charge on any atom is 0.0543 e. The largest absolute Gasteiger partial charge is 0.393 e. The first kappa shape index (κ1) is 18.3. The van der Waals surface area contributed by atoms with Gasteiger partial charge in [0.1, 0.15) is 0 Å². The van der Waals surface area contributed by atoms with Gasteiger partial charge < -0.3 is 10.0 Å². The molecule has 4 aliphatic rings. The van der Waals surface area contributed by atoms with E-state index in [1.807, 2.05) is 0 Å². The summed E-state index contributed by atoms with van der Waals surface area (Å²) < 4.78 is 0. The summed E-state index contributed by atoms with van der Waals surface area (Å²) in [5.41, 5.74) is 1.03. The lowest BCUT2D eigenvalue weighted by Crippen LogP contribution is -2.61. The van der Waals surface area contributed by atoms with E-state index in [9.17, 15) is 5.11 Å². The van der Waals surface area contributed by atoms with Crippen molar-refractivity contribution in [3.63, 3.8) is 0 Å². The summed E-state index contributed by atoms with van der Waals surface area (Å²) in [6.45, 7) is 7.70.